The van der Waals surface area contributed by atoms with Crippen LogP contribution in [0.15, 0.2) is 29.2 Å². The van der Waals surface area contributed by atoms with Gasteiger partial charge in [-0.05, 0) is 62.3 Å². The van der Waals surface area contributed by atoms with Crippen LogP contribution in [0.3, 0.4) is 0 Å². The Balaban J connectivity index is 1.69. The zero-order valence-corrected chi connectivity index (χ0v) is 15.6. The zero-order valence-electron chi connectivity index (χ0n) is 14.8. The summed E-state index contributed by atoms with van der Waals surface area (Å²) in [4.78, 5) is 14.7. The number of nitrogens with one attached hydrogen (secondary N) is 1. The molecule has 7 heteroatoms. The molecule has 3 rings (SSSR count). The number of hydrogen-bond acceptors (Lipinski definition) is 4. The van der Waals surface area contributed by atoms with Crippen molar-refractivity contribution in [3.05, 3.63) is 29.8 Å². The van der Waals surface area contributed by atoms with Crippen LogP contribution in [-0.2, 0) is 10.0 Å². The Morgan fingerprint density at radius 1 is 1.28 bits per heavy atom. The van der Waals surface area contributed by atoms with E-state index in [1.807, 2.05) is 18.7 Å². The van der Waals surface area contributed by atoms with Gasteiger partial charge in [0.1, 0.15) is 0 Å². The predicted molar refractivity (Wildman–Crippen MR) is 96.6 cm³/mol. The monoisotopic (exact) mass is 365 g/mol. The van der Waals surface area contributed by atoms with Gasteiger partial charge in [0.25, 0.3) is 5.91 Å². The van der Waals surface area contributed by atoms with Gasteiger partial charge < -0.3 is 10.6 Å². The van der Waals surface area contributed by atoms with Gasteiger partial charge in [0, 0.05) is 30.7 Å². The molecule has 4 atom stereocenters. The number of benzene rings is 1. The Morgan fingerprint density at radius 3 is 2.56 bits per heavy atom. The minimum atomic E-state index is -3.54. The van der Waals surface area contributed by atoms with Crippen LogP contribution in [0.1, 0.15) is 43.5 Å². The van der Waals surface area contributed by atoms with Crippen molar-refractivity contribution in [2.45, 2.75) is 50.1 Å². The van der Waals surface area contributed by atoms with E-state index >= 15 is 0 Å². The molecule has 1 heterocycles. The lowest BCUT2D eigenvalue weighted by Crippen LogP contribution is -2.33. The second-order valence-electron chi connectivity index (χ2n) is 7.33. The molecule has 25 heavy (non-hydrogen) atoms. The number of nitrogens with zero attached hydrogens (tertiary/aromatic N) is 1. The number of carbonyl (C=O) groups is 1. The molecule has 4 unspecified atom stereocenters. The van der Waals surface area contributed by atoms with Crippen molar-refractivity contribution in [2.75, 3.05) is 13.1 Å². The molecule has 6 nitrogen and oxygen atoms in total. The number of amides is 1. The maximum absolute atomic E-state index is 12.7. The van der Waals surface area contributed by atoms with Gasteiger partial charge in [-0.3, -0.25) is 4.79 Å². The summed E-state index contributed by atoms with van der Waals surface area (Å²) in [6.45, 7) is 5.21. The number of sulfonamides is 1. The Labute approximate surface area is 149 Å². The molecule has 1 saturated carbocycles. The number of likely N-dealkylation sites (tertiary alicyclic amines) is 1. The lowest BCUT2D eigenvalue weighted by molar-refractivity contribution is 0.0779. The van der Waals surface area contributed by atoms with Crippen LogP contribution < -0.4 is 10.5 Å². The molecule has 0 aromatic heterocycles. The zero-order chi connectivity index (χ0) is 18.2. The Kier molecular flexibility index (Phi) is 5.18. The van der Waals surface area contributed by atoms with Gasteiger partial charge in [0.15, 0.2) is 0 Å². The van der Waals surface area contributed by atoms with Crippen LogP contribution in [0.5, 0.6) is 0 Å². The van der Waals surface area contributed by atoms with Crippen LogP contribution in [0.25, 0.3) is 0 Å². The van der Waals surface area contributed by atoms with Crippen LogP contribution >= 0.6 is 0 Å². The first-order valence-electron chi connectivity index (χ1n) is 8.99. The largest absolute Gasteiger partial charge is 0.338 e. The highest BCUT2D eigenvalue weighted by Gasteiger charge is 2.42. The smallest absolute Gasteiger partial charge is 0.253 e. The van der Waals surface area contributed by atoms with Gasteiger partial charge in [0.05, 0.1) is 4.90 Å². The minimum Gasteiger partial charge on any atom is -0.338 e. The molecule has 1 aromatic rings. The quantitative estimate of drug-likeness (QED) is 0.828. The van der Waals surface area contributed by atoms with E-state index in [0.29, 0.717) is 23.9 Å². The fourth-order valence-corrected chi connectivity index (χ4v) is 5.18. The van der Waals surface area contributed by atoms with Crippen molar-refractivity contribution in [2.24, 2.45) is 17.6 Å². The van der Waals surface area contributed by atoms with Crippen molar-refractivity contribution in [3.63, 3.8) is 0 Å². The fraction of sp³-hybridized carbons (Fsp3) is 0.611. The summed E-state index contributed by atoms with van der Waals surface area (Å²) in [7, 11) is -3.54. The first kappa shape index (κ1) is 18.4. The average Bonchev–Trinajstić information content (AvgIpc) is 3.16. The van der Waals surface area contributed by atoms with E-state index in [9.17, 15) is 13.2 Å². The molecule has 1 saturated heterocycles. The lowest BCUT2D eigenvalue weighted by atomic mass is 9.98. The van der Waals surface area contributed by atoms with Gasteiger partial charge in [-0.25, -0.2) is 13.1 Å². The molecule has 2 fully saturated rings. The third-order valence-electron chi connectivity index (χ3n) is 5.58. The SMILES string of the molecule is CCC(C)NS(=O)(=O)c1ccc(C(=O)N2CC3CCC(N)C3C2)cc1. The van der Waals surface area contributed by atoms with Gasteiger partial charge in [-0.2, -0.15) is 0 Å². The van der Waals surface area contributed by atoms with Crippen molar-refractivity contribution < 1.29 is 13.2 Å². The van der Waals surface area contributed by atoms with Gasteiger partial charge in [0.2, 0.25) is 10.0 Å². The minimum absolute atomic E-state index is 0.0413. The molecular weight excluding hydrogens is 338 g/mol. The molecule has 1 aromatic carbocycles. The van der Waals surface area contributed by atoms with Crippen LogP contribution in [0, 0.1) is 11.8 Å². The molecule has 1 aliphatic heterocycles. The number of fused-ring (bicyclic) bond motifs is 1. The van der Waals surface area contributed by atoms with Gasteiger partial charge in [-0.15, -0.1) is 0 Å². The first-order chi connectivity index (χ1) is 11.8. The standard InChI is InChI=1S/C18H27N3O3S/c1-3-12(2)20-25(23,24)15-7-4-13(5-8-15)18(22)21-10-14-6-9-17(19)16(14)11-21/h4-5,7-8,12,14,16-17,20H,3,6,9-11,19H2,1-2H3. The normalized spacial score (nSPS) is 27.3. The van der Waals surface area contributed by atoms with E-state index in [1.54, 1.807) is 12.1 Å². The van der Waals surface area contributed by atoms with Crippen molar-refractivity contribution in [3.8, 4) is 0 Å². The van der Waals surface area contributed by atoms with E-state index < -0.39 is 10.0 Å². The molecule has 0 bridgehead atoms. The Bertz CT molecular complexity index is 732. The van der Waals surface area contributed by atoms with Crippen molar-refractivity contribution in [1.82, 2.24) is 9.62 Å². The Morgan fingerprint density at radius 2 is 1.96 bits per heavy atom. The summed E-state index contributed by atoms with van der Waals surface area (Å²) in [5.74, 6) is 0.877. The number of hydrogen-bond donors (Lipinski definition) is 2. The molecule has 1 amide bonds. The fourth-order valence-electron chi connectivity index (χ4n) is 3.85. The summed E-state index contributed by atoms with van der Waals surface area (Å²) in [6, 6.07) is 6.27. The molecule has 0 spiro atoms. The Hall–Kier alpha value is -1.44. The molecular formula is C18H27N3O3S. The number of nitrogens with two attached hydrogens (primary N) is 1. The van der Waals surface area contributed by atoms with Gasteiger partial charge >= 0.3 is 0 Å². The maximum Gasteiger partial charge on any atom is 0.253 e. The third-order valence-corrected chi connectivity index (χ3v) is 7.19. The lowest BCUT2D eigenvalue weighted by Gasteiger charge is -2.19. The number of carbonyl (C=O) groups excluding carboxylic acids is 1. The molecule has 0 radical (unpaired) electrons. The molecule has 1 aliphatic carbocycles. The predicted octanol–water partition coefficient (Wildman–Crippen LogP) is 1.57. The second-order valence-corrected chi connectivity index (χ2v) is 9.04. The summed E-state index contributed by atoms with van der Waals surface area (Å²) >= 11 is 0. The van der Waals surface area contributed by atoms with E-state index in [-0.39, 0.29) is 22.9 Å². The summed E-state index contributed by atoms with van der Waals surface area (Å²) in [5, 5.41) is 0. The highest BCUT2D eigenvalue weighted by molar-refractivity contribution is 7.89. The number of rotatable bonds is 5. The van der Waals surface area contributed by atoms with Crippen molar-refractivity contribution in [1.29, 1.82) is 0 Å². The van der Waals surface area contributed by atoms with E-state index in [0.717, 1.165) is 25.8 Å². The van der Waals surface area contributed by atoms with Crippen LogP contribution in [0.4, 0.5) is 0 Å². The topological polar surface area (TPSA) is 92.5 Å². The summed E-state index contributed by atoms with van der Waals surface area (Å²) < 4.78 is 27.2. The van der Waals surface area contributed by atoms with Gasteiger partial charge in [-0.1, -0.05) is 6.92 Å². The first-order valence-corrected chi connectivity index (χ1v) is 10.5. The van der Waals surface area contributed by atoms with Crippen molar-refractivity contribution >= 4 is 15.9 Å². The highest BCUT2D eigenvalue weighted by Crippen LogP contribution is 2.37. The van der Waals surface area contributed by atoms with Crippen LogP contribution in [0.2, 0.25) is 0 Å². The van der Waals surface area contributed by atoms with E-state index in [2.05, 4.69) is 4.72 Å². The highest BCUT2D eigenvalue weighted by atomic mass is 32.2. The molecule has 3 N–H and O–H groups in total. The van der Waals surface area contributed by atoms with E-state index in [1.165, 1.54) is 12.1 Å². The summed E-state index contributed by atoms with van der Waals surface area (Å²) in [5.41, 5.74) is 6.65. The average molecular weight is 365 g/mol. The van der Waals surface area contributed by atoms with Crippen LogP contribution in [-0.4, -0.2) is 44.4 Å². The maximum atomic E-state index is 12.7. The molecule has 138 valence electrons. The third kappa shape index (κ3) is 3.73. The summed E-state index contributed by atoms with van der Waals surface area (Å²) in [6.07, 6.45) is 2.86. The van der Waals surface area contributed by atoms with E-state index in [4.69, 9.17) is 5.73 Å². The molecule has 2 aliphatic rings. The second kappa shape index (κ2) is 7.05.